The minimum Gasteiger partial charge on any atom is -0.394 e. The largest absolute Gasteiger partial charge is 0.394 e. The Hall–Kier alpha value is -1.97. The van der Waals surface area contributed by atoms with Gasteiger partial charge in [0.1, 0.15) is 11.6 Å². The zero-order valence-corrected chi connectivity index (χ0v) is 21.9. The molecule has 3 heterocycles. The van der Waals surface area contributed by atoms with Gasteiger partial charge in [0.05, 0.1) is 30.6 Å². The van der Waals surface area contributed by atoms with Crippen LogP contribution in [-0.2, 0) is 19.1 Å². The van der Waals surface area contributed by atoms with Crippen molar-refractivity contribution in [3.63, 3.8) is 0 Å². The van der Waals surface area contributed by atoms with Crippen LogP contribution in [-0.4, -0.2) is 70.0 Å². The molecule has 0 radical (unpaired) electrons. The summed E-state index contributed by atoms with van der Waals surface area (Å²) in [6.07, 6.45) is 0.470. The molecule has 3 amide bonds. The fraction of sp³-hybridized carbons (Fsp3) is 0.640. The topological polar surface area (TPSA) is 108 Å². The molecule has 0 saturated carbocycles. The molecular formula is C25H34BrN3O5. The number of carbonyl (C=O) groups is 3. The third-order valence-corrected chi connectivity index (χ3v) is 8.37. The predicted octanol–water partition coefficient (Wildman–Crippen LogP) is 2.14. The van der Waals surface area contributed by atoms with Crippen LogP contribution < -0.4 is 10.6 Å². The predicted molar refractivity (Wildman–Crippen MR) is 131 cm³/mol. The summed E-state index contributed by atoms with van der Waals surface area (Å²) < 4.78 is 6.44. The first-order valence-electron chi connectivity index (χ1n) is 11.9. The molecular weight excluding hydrogens is 502 g/mol. The van der Waals surface area contributed by atoms with E-state index in [2.05, 4.69) is 26.6 Å². The van der Waals surface area contributed by atoms with E-state index in [4.69, 9.17) is 4.74 Å². The molecule has 7 atom stereocenters. The molecule has 3 aliphatic heterocycles. The first-order valence-corrected chi connectivity index (χ1v) is 12.8. The molecule has 0 aliphatic carbocycles. The van der Waals surface area contributed by atoms with Gasteiger partial charge < -0.3 is 25.4 Å². The highest BCUT2D eigenvalue weighted by Gasteiger charge is 2.77. The molecule has 1 aromatic carbocycles. The van der Waals surface area contributed by atoms with Gasteiger partial charge in [-0.3, -0.25) is 14.4 Å². The number of aliphatic hydroxyl groups excluding tert-OH is 1. The molecule has 186 valence electrons. The fourth-order valence-corrected chi connectivity index (χ4v) is 7.06. The minimum absolute atomic E-state index is 0.160. The van der Waals surface area contributed by atoms with E-state index < -0.39 is 35.6 Å². The Morgan fingerprint density at radius 3 is 2.62 bits per heavy atom. The van der Waals surface area contributed by atoms with Crippen LogP contribution in [0, 0.1) is 31.6 Å². The number of hydrogen-bond acceptors (Lipinski definition) is 5. The van der Waals surface area contributed by atoms with Crippen molar-refractivity contribution in [3.8, 4) is 0 Å². The van der Waals surface area contributed by atoms with Crippen molar-refractivity contribution in [2.45, 2.75) is 69.2 Å². The Morgan fingerprint density at radius 1 is 1.29 bits per heavy atom. The molecule has 9 heteroatoms. The lowest BCUT2D eigenvalue weighted by atomic mass is 9.70. The molecule has 3 fully saturated rings. The molecule has 4 rings (SSSR count). The molecule has 3 aliphatic rings. The number of aliphatic hydroxyl groups is 1. The second-order valence-corrected chi connectivity index (χ2v) is 11.5. The summed E-state index contributed by atoms with van der Waals surface area (Å²) in [4.78, 5) is 42.1. The second-order valence-electron chi connectivity index (χ2n) is 10.3. The lowest BCUT2D eigenvalue weighted by molar-refractivity contribution is -0.144. The highest BCUT2D eigenvalue weighted by atomic mass is 79.9. The highest BCUT2D eigenvalue weighted by Crippen LogP contribution is 2.60. The maximum absolute atomic E-state index is 13.9. The van der Waals surface area contributed by atoms with E-state index in [0.29, 0.717) is 18.5 Å². The van der Waals surface area contributed by atoms with Crippen LogP contribution in [0.4, 0.5) is 5.69 Å². The van der Waals surface area contributed by atoms with Crippen molar-refractivity contribution in [3.05, 3.63) is 29.3 Å². The van der Waals surface area contributed by atoms with Crippen LogP contribution in [0.5, 0.6) is 0 Å². The van der Waals surface area contributed by atoms with Gasteiger partial charge in [-0.25, -0.2) is 0 Å². The Bertz CT molecular complexity index is 1000. The number of anilines is 1. The van der Waals surface area contributed by atoms with E-state index in [1.54, 1.807) is 7.05 Å². The number of carbonyl (C=O) groups excluding carboxylic acids is 3. The molecule has 2 bridgehead atoms. The van der Waals surface area contributed by atoms with Crippen molar-refractivity contribution in [2.75, 3.05) is 19.0 Å². The second kappa shape index (κ2) is 9.24. The summed E-state index contributed by atoms with van der Waals surface area (Å²) in [6, 6.07) is 4.30. The number of hydrogen-bond donors (Lipinski definition) is 3. The van der Waals surface area contributed by atoms with Crippen molar-refractivity contribution >= 4 is 39.3 Å². The molecule has 0 aromatic heterocycles. The maximum Gasteiger partial charge on any atom is 0.250 e. The average Bonchev–Trinajstić information content (AvgIpc) is 3.37. The van der Waals surface area contributed by atoms with Gasteiger partial charge in [-0.2, -0.15) is 0 Å². The van der Waals surface area contributed by atoms with Crippen LogP contribution in [0.15, 0.2) is 18.2 Å². The minimum atomic E-state index is -1.14. The van der Waals surface area contributed by atoms with Crippen LogP contribution >= 0.6 is 15.9 Å². The average molecular weight is 536 g/mol. The maximum atomic E-state index is 13.9. The van der Waals surface area contributed by atoms with Crippen LogP contribution in [0.2, 0.25) is 0 Å². The van der Waals surface area contributed by atoms with Gasteiger partial charge in [0.15, 0.2) is 0 Å². The monoisotopic (exact) mass is 535 g/mol. The number of halogens is 1. The summed E-state index contributed by atoms with van der Waals surface area (Å²) in [5.74, 6) is -2.20. The zero-order chi connectivity index (χ0) is 24.9. The van der Waals surface area contributed by atoms with Crippen molar-refractivity contribution in [2.24, 2.45) is 17.8 Å². The summed E-state index contributed by atoms with van der Waals surface area (Å²) in [6.45, 7) is 7.61. The number of likely N-dealkylation sites (tertiary alicyclic amines) is 1. The van der Waals surface area contributed by atoms with Crippen molar-refractivity contribution in [1.29, 1.82) is 0 Å². The molecule has 3 unspecified atom stereocenters. The van der Waals surface area contributed by atoms with Crippen LogP contribution in [0.1, 0.15) is 37.8 Å². The number of rotatable bonds is 7. The SMILES string of the molecule is CNC(=O)[C@H]1[C@H]2C(=O)N([C@@H](CO)CC(C)C)C(C(=O)Nc3cc(C)ccc3C)C23CC(Br)[C@@H]1O3. The molecule has 1 aromatic rings. The number of nitrogens with zero attached hydrogens (tertiary/aromatic N) is 1. The van der Waals surface area contributed by atoms with Gasteiger partial charge in [-0.15, -0.1) is 0 Å². The van der Waals surface area contributed by atoms with E-state index in [9.17, 15) is 19.5 Å². The smallest absolute Gasteiger partial charge is 0.250 e. The molecule has 3 N–H and O–H groups in total. The van der Waals surface area contributed by atoms with Gasteiger partial charge in [-0.1, -0.05) is 41.9 Å². The number of nitrogens with one attached hydrogen (secondary N) is 2. The quantitative estimate of drug-likeness (QED) is 0.463. The third kappa shape index (κ3) is 3.85. The zero-order valence-electron chi connectivity index (χ0n) is 20.3. The Kier molecular flexibility index (Phi) is 6.83. The Balaban J connectivity index is 1.80. The summed E-state index contributed by atoms with van der Waals surface area (Å²) in [7, 11) is 1.54. The number of fused-ring (bicyclic) bond motifs is 1. The number of ether oxygens (including phenoxy) is 1. The van der Waals surface area contributed by atoms with Crippen LogP contribution in [0.25, 0.3) is 0 Å². The first kappa shape index (κ1) is 25.1. The molecule has 3 saturated heterocycles. The number of aryl methyl sites for hydroxylation is 2. The number of benzene rings is 1. The van der Waals surface area contributed by atoms with E-state index in [1.807, 2.05) is 45.9 Å². The van der Waals surface area contributed by atoms with Gasteiger partial charge in [0.2, 0.25) is 17.7 Å². The number of amides is 3. The van der Waals surface area contributed by atoms with E-state index in [0.717, 1.165) is 11.1 Å². The van der Waals surface area contributed by atoms with Gasteiger partial charge in [0, 0.05) is 17.6 Å². The van der Waals surface area contributed by atoms with E-state index >= 15 is 0 Å². The highest BCUT2D eigenvalue weighted by molar-refractivity contribution is 9.09. The van der Waals surface area contributed by atoms with Gasteiger partial charge in [0.25, 0.3) is 0 Å². The van der Waals surface area contributed by atoms with Crippen LogP contribution in [0.3, 0.4) is 0 Å². The van der Waals surface area contributed by atoms with Crippen molar-refractivity contribution in [1.82, 2.24) is 10.2 Å². The fourth-order valence-electron chi connectivity index (χ4n) is 6.12. The molecule has 34 heavy (non-hydrogen) atoms. The lowest BCUT2D eigenvalue weighted by Gasteiger charge is -2.37. The normalized spacial score (nSPS) is 32.8. The van der Waals surface area contributed by atoms with Gasteiger partial charge in [-0.05, 0) is 49.8 Å². The molecule has 1 spiro atoms. The lowest BCUT2D eigenvalue weighted by Crippen LogP contribution is -2.57. The summed E-state index contributed by atoms with van der Waals surface area (Å²) in [5, 5.41) is 16.0. The third-order valence-electron chi connectivity index (χ3n) is 7.52. The Labute approximate surface area is 208 Å². The molecule has 8 nitrogen and oxygen atoms in total. The summed E-state index contributed by atoms with van der Waals surface area (Å²) in [5.41, 5.74) is 1.44. The number of alkyl halides is 1. The van der Waals surface area contributed by atoms with Gasteiger partial charge >= 0.3 is 0 Å². The first-order chi connectivity index (χ1) is 16.0. The van der Waals surface area contributed by atoms with E-state index in [-0.39, 0.29) is 35.1 Å². The Morgan fingerprint density at radius 2 is 2.00 bits per heavy atom. The van der Waals surface area contributed by atoms with E-state index in [1.165, 1.54) is 4.90 Å². The summed E-state index contributed by atoms with van der Waals surface area (Å²) >= 11 is 3.65. The standard InChI is InChI=1S/C25H34BrN3O5/c1-12(2)8-15(11-30)29-21(23(32)28-17-9-13(3)6-7-14(17)4)25-10-16(26)20(34-25)18(22(31)27-5)19(25)24(29)33/h6-7,9,12,15-16,18-21,30H,8,10-11H2,1-5H3,(H,27,31)(H,28,32)/t15-,16?,18+,19+,20+,21?,25?/m1/s1. The van der Waals surface area contributed by atoms with Crippen molar-refractivity contribution < 1.29 is 24.2 Å².